The van der Waals surface area contributed by atoms with Crippen LogP contribution in [0.4, 0.5) is 4.39 Å². The highest BCUT2D eigenvalue weighted by Crippen LogP contribution is 2.33. The van der Waals surface area contributed by atoms with E-state index in [4.69, 9.17) is 10.5 Å². The maximum absolute atomic E-state index is 15.7. The SMILES string of the molecule is COc1ccc(C[C@@H]2NC(=O)[C@H](CC3=NC=NC3)NC(=O)[C@H](CC(=O)O)CC(=O)[C@H](Cc3c[nH]c4ccc(F)cc34)NC(=O)[C@H](C(c3ccccc3)c3ccccc3)NC(=O)[C@@H](C)NC(=O)[C@H](CCCCN)NC(=O)CCSCc3cccc(c3)CSCCNC(=O)[C@]3(C)CCCN3C2=O)cc1. The summed E-state index contributed by atoms with van der Waals surface area (Å²) in [7, 11) is 1.50. The Balaban J connectivity index is 1.08. The Bertz CT molecular complexity index is 3970. The number of benzene rings is 5. The third kappa shape index (κ3) is 21.2. The molecule has 11 N–H and O–H groups in total. The molecule has 5 aromatic carbocycles. The molecule has 0 saturated carbocycles. The minimum absolute atomic E-state index is 0.0380. The summed E-state index contributed by atoms with van der Waals surface area (Å²) in [6.45, 7) is 3.94. The molecule has 3 aliphatic rings. The first kappa shape index (κ1) is 76.4. The van der Waals surface area contributed by atoms with Crippen LogP contribution in [0.25, 0.3) is 10.9 Å². The largest absolute Gasteiger partial charge is 0.497 e. The summed E-state index contributed by atoms with van der Waals surface area (Å²) in [6.07, 6.45) is 2.34. The molecule has 0 spiro atoms. The van der Waals surface area contributed by atoms with Gasteiger partial charge in [0, 0.05) is 96.9 Å². The molecule has 1 saturated heterocycles. The van der Waals surface area contributed by atoms with Crippen LogP contribution in [0, 0.1) is 11.7 Å². The Morgan fingerprint density at radius 3 is 2.07 bits per heavy atom. The second-order valence-electron chi connectivity index (χ2n) is 26.0. The molecule has 4 heterocycles. The van der Waals surface area contributed by atoms with Crippen molar-refractivity contribution in [2.45, 2.75) is 144 Å². The number of unbranched alkanes of at least 4 members (excludes halogenated alkanes) is 1. The zero-order chi connectivity index (χ0) is 72.7. The second kappa shape index (κ2) is 37.3. The predicted molar refractivity (Wildman–Crippen MR) is 390 cm³/mol. The molecule has 102 heavy (non-hydrogen) atoms. The highest BCUT2D eigenvalue weighted by molar-refractivity contribution is 7.98. The molecule has 24 nitrogen and oxygen atoms in total. The lowest BCUT2D eigenvalue weighted by Gasteiger charge is -2.36. The van der Waals surface area contributed by atoms with Gasteiger partial charge in [-0.05, 0) is 116 Å². The number of rotatable bonds is 16. The topological polar surface area (TPSA) is 354 Å². The summed E-state index contributed by atoms with van der Waals surface area (Å²) in [4.78, 5) is 160. The lowest BCUT2D eigenvalue weighted by Crippen LogP contribution is -2.61. The van der Waals surface area contributed by atoms with Crippen LogP contribution >= 0.6 is 23.5 Å². The number of nitrogens with one attached hydrogen (secondary N) is 8. The maximum atomic E-state index is 15.7. The number of nitrogens with zero attached hydrogens (tertiary/aromatic N) is 3. The van der Waals surface area contributed by atoms with E-state index in [1.54, 1.807) is 115 Å². The summed E-state index contributed by atoms with van der Waals surface area (Å²) in [5.74, 6) is -8.71. The van der Waals surface area contributed by atoms with E-state index in [-0.39, 0.29) is 63.6 Å². The summed E-state index contributed by atoms with van der Waals surface area (Å²) in [6, 6.07) is 27.8. The molecule has 0 unspecified atom stereocenters. The van der Waals surface area contributed by atoms with Crippen LogP contribution in [-0.2, 0) is 72.3 Å². The normalized spacial score (nSPS) is 23.2. The Hall–Kier alpha value is -9.73. The number of fused-ring (bicyclic) bond motifs is 4. The first-order valence-corrected chi connectivity index (χ1v) is 36.6. The van der Waals surface area contributed by atoms with Crippen molar-refractivity contribution in [3.05, 3.63) is 173 Å². The van der Waals surface area contributed by atoms with Crippen LogP contribution in [-0.4, -0.2) is 173 Å². The lowest BCUT2D eigenvalue weighted by atomic mass is 9.84. The van der Waals surface area contributed by atoms with Crippen molar-refractivity contribution in [2.75, 3.05) is 44.8 Å². The van der Waals surface area contributed by atoms with Crippen molar-refractivity contribution in [3.63, 3.8) is 0 Å². The first-order valence-electron chi connectivity index (χ1n) is 34.3. The molecule has 0 aliphatic carbocycles. The van der Waals surface area contributed by atoms with Gasteiger partial charge in [-0.2, -0.15) is 23.5 Å². The van der Waals surface area contributed by atoms with Crippen molar-refractivity contribution in [1.82, 2.24) is 47.1 Å². The zero-order valence-corrected chi connectivity index (χ0v) is 59.0. The number of methoxy groups -OCH3 is 1. The Kier molecular flexibility index (Phi) is 27.9. The fourth-order valence-corrected chi connectivity index (χ4v) is 14.6. The summed E-state index contributed by atoms with van der Waals surface area (Å²) >= 11 is 3.16. The molecule has 1 aromatic heterocycles. The molecule has 9 rings (SSSR count). The average Bonchev–Trinajstić information content (AvgIpc) is 1.48. The number of carbonyl (C=O) groups excluding carboxylic acids is 9. The number of ketones is 1. The number of thioether (sulfide) groups is 2. The van der Waals surface area contributed by atoms with Gasteiger partial charge in [-0.15, -0.1) is 0 Å². The lowest BCUT2D eigenvalue weighted by molar-refractivity contribution is -0.146. The number of hydrogen-bond acceptors (Lipinski definition) is 16. The number of H-pyrrole nitrogens is 1. The summed E-state index contributed by atoms with van der Waals surface area (Å²) in [5.41, 5.74) is 9.46. The Labute approximate surface area is 600 Å². The zero-order valence-electron chi connectivity index (χ0n) is 57.4. The number of nitrogens with two attached hydrogens (primary N) is 1. The van der Waals surface area contributed by atoms with Crippen molar-refractivity contribution in [3.8, 4) is 5.75 Å². The summed E-state index contributed by atoms with van der Waals surface area (Å²) < 4.78 is 20.5. The number of aromatic nitrogens is 1. The van der Waals surface area contributed by atoms with Crippen molar-refractivity contribution in [1.29, 1.82) is 0 Å². The molecule has 8 atom stereocenters. The van der Waals surface area contributed by atoms with E-state index in [2.05, 4.69) is 58.3 Å². The van der Waals surface area contributed by atoms with Gasteiger partial charge in [-0.25, -0.2) is 9.38 Å². The van der Waals surface area contributed by atoms with E-state index in [0.29, 0.717) is 99.9 Å². The number of hydrogen-bond donors (Lipinski definition) is 10. The minimum atomic E-state index is -1.73. The van der Waals surface area contributed by atoms with Gasteiger partial charge in [0.25, 0.3) is 0 Å². The second-order valence-corrected chi connectivity index (χ2v) is 28.2. The quantitative estimate of drug-likeness (QED) is 0.0498. The van der Waals surface area contributed by atoms with E-state index < -0.39 is 119 Å². The molecule has 540 valence electrons. The van der Waals surface area contributed by atoms with E-state index in [1.807, 2.05) is 18.2 Å². The molecule has 3 aliphatic heterocycles. The van der Waals surface area contributed by atoms with Gasteiger partial charge < -0.3 is 62.7 Å². The van der Waals surface area contributed by atoms with Gasteiger partial charge in [-0.1, -0.05) is 97.1 Å². The molecule has 8 amide bonds. The third-order valence-corrected chi connectivity index (χ3v) is 20.6. The number of aliphatic imine (C=N–C) groups is 2. The molecule has 6 aromatic rings. The maximum Gasteiger partial charge on any atom is 0.304 e. The van der Waals surface area contributed by atoms with Gasteiger partial charge in [0.1, 0.15) is 53.7 Å². The van der Waals surface area contributed by atoms with E-state index >= 15 is 28.4 Å². The van der Waals surface area contributed by atoms with Crippen molar-refractivity contribution < 1.29 is 62.2 Å². The minimum Gasteiger partial charge on any atom is -0.497 e. The molecule has 1 fully saturated rings. The van der Waals surface area contributed by atoms with Crippen LogP contribution in [0.2, 0.25) is 0 Å². The predicted octanol–water partition coefficient (Wildman–Crippen LogP) is 5.98. The van der Waals surface area contributed by atoms with E-state index in [9.17, 15) is 29.1 Å². The van der Waals surface area contributed by atoms with E-state index in [1.165, 1.54) is 49.7 Å². The van der Waals surface area contributed by atoms with Gasteiger partial charge in [0.05, 0.1) is 32.0 Å². The number of carbonyl (C=O) groups is 10. The number of Topliss-reactive ketones (excluding diaryl/α,β-unsaturated/α-hetero) is 1. The number of halogens is 1. The van der Waals surface area contributed by atoms with Crippen LogP contribution in [0.5, 0.6) is 5.75 Å². The summed E-state index contributed by atoms with van der Waals surface area (Å²) in [5, 5.41) is 30.8. The van der Waals surface area contributed by atoms with Gasteiger partial charge in [0.2, 0.25) is 47.3 Å². The Morgan fingerprint density at radius 1 is 0.725 bits per heavy atom. The number of amides is 8. The third-order valence-electron chi connectivity index (χ3n) is 18.5. The number of ether oxygens (including phenoxy) is 1. The van der Waals surface area contributed by atoms with Crippen LogP contribution in [0.3, 0.4) is 0 Å². The van der Waals surface area contributed by atoms with Crippen molar-refractivity contribution >= 4 is 105 Å². The van der Waals surface area contributed by atoms with Crippen molar-refractivity contribution in [2.24, 2.45) is 21.6 Å². The monoisotopic (exact) mass is 1430 g/mol. The Morgan fingerprint density at radius 2 is 1.40 bits per heavy atom. The van der Waals surface area contributed by atoms with Gasteiger partial charge >= 0.3 is 5.97 Å². The molecule has 2 bridgehead atoms. The number of carboxylic acids is 1. The molecule has 0 radical (unpaired) electrons. The number of aliphatic carboxylic acids is 1. The van der Waals surface area contributed by atoms with Gasteiger partial charge in [0.15, 0.2) is 5.78 Å². The van der Waals surface area contributed by atoms with Crippen LogP contribution in [0.15, 0.2) is 144 Å². The van der Waals surface area contributed by atoms with Crippen LogP contribution in [0.1, 0.15) is 111 Å². The fraction of sp³-hybridized carbons (Fsp3) is 0.413. The number of carboxylic acid groups (broad SMARTS) is 1. The average molecular weight is 1430 g/mol. The smallest absolute Gasteiger partial charge is 0.304 e. The highest BCUT2D eigenvalue weighted by Gasteiger charge is 2.48. The highest BCUT2D eigenvalue weighted by atomic mass is 32.2. The van der Waals surface area contributed by atoms with Gasteiger partial charge in [-0.3, -0.25) is 52.9 Å². The number of aromatic amines is 1. The first-order chi connectivity index (χ1) is 49.2. The molecular weight excluding hydrogens is 1340 g/mol. The van der Waals surface area contributed by atoms with E-state index in [0.717, 1.165) is 11.1 Å². The standard InChI is InChI=1S/C75H89FN12O12S2/c1-46-68(93)87-67(66(50-16-6-4-7-17-50)51-18-8-5-9-19-51)72(97)84-60(36-53-41-80-58-26-23-54(76)39-57(53)58)63(89)37-52(38-65(91)92)69(94)85-61(40-55-42-78-45-81-55)71(96)86-62(35-47-21-24-56(100-3)25-22-47)73(98)88-31-13-28-75(88,2)74(99)79-30-33-102-44-49-15-12-14-48(34-49)43-101-32-27-64(90)83-59(70(95)82-46)20-10-11-29-77/h4-9,12,14-19,21-26,34,39,41,45-46,52,59-62,66-67,80H,10-11,13,20,27-33,35-38,40,42-44,77H2,1-3H3,(H,79,99)(H,82,95)(H,83,90)(H,84,97)(H,85,94)(H,86,96)(H,87,93)(H,91,92)/t46-,52+,59+,60+,61+,62+,67+,75+/m1/s1. The fourth-order valence-electron chi connectivity index (χ4n) is 12.9. The van der Waals surface area contributed by atoms with Crippen LogP contribution < -0.4 is 47.7 Å². The molecular formula is C75H89FN12O12S2. The molecule has 27 heteroatoms.